The zero-order chi connectivity index (χ0) is 15.3. The van der Waals surface area contributed by atoms with Gasteiger partial charge in [0.15, 0.2) is 0 Å². The van der Waals surface area contributed by atoms with Crippen LogP contribution in [0.25, 0.3) is 0 Å². The highest BCUT2D eigenvalue weighted by atomic mass is 16.2. The number of carbonyl (C=O) groups excluding carboxylic acids is 1. The Morgan fingerprint density at radius 3 is 2.20 bits per heavy atom. The van der Waals surface area contributed by atoms with E-state index in [-0.39, 0.29) is 17.4 Å². The van der Waals surface area contributed by atoms with Gasteiger partial charge in [0, 0.05) is 6.54 Å². The lowest BCUT2D eigenvalue weighted by atomic mass is 9.92. The van der Waals surface area contributed by atoms with Crippen molar-refractivity contribution in [3.05, 3.63) is 35.4 Å². The predicted molar refractivity (Wildman–Crippen MR) is 84.7 cm³/mol. The van der Waals surface area contributed by atoms with E-state index in [9.17, 15) is 4.79 Å². The first kappa shape index (κ1) is 16.7. The minimum atomic E-state index is -0.226. The van der Waals surface area contributed by atoms with Gasteiger partial charge in [-0.3, -0.25) is 9.69 Å². The Labute approximate surface area is 123 Å². The van der Waals surface area contributed by atoms with Crippen LogP contribution in [-0.2, 0) is 4.79 Å². The molecule has 3 heteroatoms. The van der Waals surface area contributed by atoms with Gasteiger partial charge in [0.05, 0.1) is 0 Å². The summed E-state index contributed by atoms with van der Waals surface area (Å²) < 4.78 is 0. The third-order valence-electron chi connectivity index (χ3n) is 3.33. The molecule has 0 aliphatic rings. The first-order valence-corrected chi connectivity index (χ1v) is 7.21. The number of rotatable bonds is 5. The maximum absolute atomic E-state index is 12.4. The highest BCUT2D eigenvalue weighted by Gasteiger charge is 2.22. The van der Waals surface area contributed by atoms with Crippen molar-refractivity contribution in [2.24, 2.45) is 5.41 Å². The molecule has 1 aromatic carbocycles. The molecule has 0 aliphatic carbocycles. The molecule has 0 heterocycles. The number of hydrogen-bond donors (Lipinski definition) is 1. The second kappa shape index (κ2) is 6.89. The smallest absolute Gasteiger partial charge is 0.241 e. The largest absolute Gasteiger partial charge is 0.354 e. The topological polar surface area (TPSA) is 32.3 Å². The van der Waals surface area contributed by atoms with Gasteiger partial charge in [-0.1, -0.05) is 50.6 Å². The number of benzene rings is 1. The Morgan fingerprint density at radius 2 is 1.75 bits per heavy atom. The standard InChI is InChI=1S/C17H28N2O/c1-13-7-9-14(10-8-13)15(19(5)6)16(20)18-12-11-17(2,3)4/h7-10,15H,11-12H2,1-6H3,(H,18,20)/t15-/m0/s1. The Kier molecular flexibility index (Phi) is 5.75. The highest BCUT2D eigenvalue weighted by Crippen LogP contribution is 2.20. The summed E-state index contributed by atoms with van der Waals surface area (Å²) in [6.07, 6.45) is 0.979. The summed E-state index contributed by atoms with van der Waals surface area (Å²) in [5.41, 5.74) is 2.48. The lowest BCUT2D eigenvalue weighted by molar-refractivity contribution is -0.125. The van der Waals surface area contributed by atoms with E-state index in [0.29, 0.717) is 0 Å². The Balaban J connectivity index is 2.71. The number of likely N-dealkylation sites (N-methyl/N-ethyl adjacent to an activating group) is 1. The fraction of sp³-hybridized carbons (Fsp3) is 0.588. The lowest BCUT2D eigenvalue weighted by Gasteiger charge is -2.25. The van der Waals surface area contributed by atoms with E-state index in [1.807, 2.05) is 43.3 Å². The number of nitrogens with one attached hydrogen (secondary N) is 1. The fourth-order valence-corrected chi connectivity index (χ4v) is 2.09. The van der Waals surface area contributed by atoms with Crippen molar-refractivity contribution in [3.8, 4) is 0 Å². The number of nitrogens with zero attached hydrogens (tertiary/aromatic N) is 1. The highest BCUT2D eigenvalue weighted by molar-refractivity contribution is 5.83. The Morgan fingerprint density at radius 1 is 1.20 bits per heavy atom. The van der Waals surface area contributed by atoms with Gasteiger partial charge in [-0.05, 0) is 38.4 Å². The summed E-state index contributed by atoms with van der Waals surface area (Å²) >= 11 is 0. The molecule has 3 nitrogen and oxygen atoms in total. The Bertz CT molecular complexity index is 429. The van der Waals surface area contributed by atoms with Crippen molar-refractivity contribution in [1.82, 2.24) is 10.2 Å². The van der Waals surface area contributed by atoms with Crippen LogP contribution in [0.3, 0.4) is 0 Å². The van der Waals surface area contributed by atoms with Crippen LogP contribution in [0.15, 0.2) is 24.3 Å². The summed E-state index contributed by atoms with van der Waals surface area (Å²) in [5, 5.41) is 3.05. The van der Waals surface area contributed by atoms with Crippen LogP contribution in [-0.4, -0.2) is 31.4 Å². The molecular weight excluding hydrogens is 248 g/mol. The van der Waals surface area contributed by atoms with E-state index in [0.717, 1.165) is 18.5 Å². The molecule has 1 atom stereocenters. The third-order valence-corrected chi connectivity index (χ3v) is 3.33. The fourth-order valence-electron chi connectivity index (χ4n) is 2.09. The molecule has 0 spiro atoms. The molecule has 1 amide bonds. The molecule has 112 valence electrons. The van der Waals surface area contributed by atoms with Crippen molar-refractivity contribution in [2.45, 2.75) is 40.2 Å². The van der Waals surface area contributed by atoms with E-state index < -0.39 is 0 Å². The zero-order valence-corrected chi connectivity index (χ0v) is 13.7. The summed E-state index contributed by atoms with van der Waals surface area (Å²) in [7, 11) is 3.88. The van der Waals surface area contributed by atoms with Crippen molar-refractivity contribution < 1.29 is 4.79 Å². The van der Waals surface area contributed by atoms with Gasteiger partial charge in [-0.15, -0.1) is 0 Å². The van der Waals surface area contributed by atoms with E-state index in [1.165, 1.54) is 5.56 Å². The van der Waals surface area contributed by atoms with Crippen molar-refractivity contribution in [1.29, 1.82) is 0 Å². The van der Waals surface area contributed by atoms with Gasteiger partial charge in [-0.25, -0.2) is 0 Å². The summed E-state index contributed by atoms with van der Waals surface area (Å²) in [6, 6.07) is 7.94. The van der Waals surface area contributed by atoms with Gasteiger partial charge >= 0.3 is 0 Å². The molecule has 1 aromatic rings. The van der Waals surface area contributed by atoms with E-state index in [2.05, 4.69) is 33.0 Å². The maximum Gasteiger partial charge on any atom is 0.241 e. The van der Waals surface area contributed by atoms with Gasteiger partial charge in [0.2, 0.25) is 5.91 Å². The van der Waals surface area contributed by atoms with E-state index in [1.54, 1.807) is 0 Å². The molecule has 0 saturated carbocycles. The van der Waals surface area contributed by atoms with Gasteiger partial charge in [0.1, 0.15) is 6.04 Å². The Hall–Kier alpha value is -1.35. The predicted octanol–water partition coefficient (Wildman–Crippen LogP) is 3.15. The van der Waals surface area contributed by atoms with E-state index >= 15 is 0 Å². The van der Waals surface area contributed by atoms with E-state index in [4.69, 9.17) is 0 Å². The molecule has 0 unspecified atom stereocenters. The molecule has 1 rings (SSSR count). The van der Waals surface area contributed by atoms with Gasteiger partial charge in [-0.2, -0.15) is 0 Å². The van der Waals surface area contributed by atoms with Crippen LogP contribution < -0.4 is 5.32 Å². The van der Waals surface area contributed by atoms with Crippen LogP contribution in [0.5, 0.6) is 0 Å². The lowest BCUT2D eigenvalue weighted by Crippen LogP contribution is -2.38. The molecule has 0 bridgehead atoms. The van der Waals surface area contributed by atoms with Crippen LogP contribution in [0, 0.1) is 12.3 Å². The van der Waals surface area contributed by atoms with Crippen molar-refractivity contribution >= 4 is 5.91 Å². The van der Waals surface area contributed by atoms with Crippen molar-refractivity contribution in [2.75, 3.05) is 20.6 Å². The number of amides is 1. The van der Waals surface area contributed by atoms with Crippen LogP contribution in [0.4, 0.5) is 0 Å². The molecule has 20 heavy (non-hydrogen) atoms. The maximum atomic E-state index is 12.4. The monoisotopic (exact) mass is 276 g/mol. The number of hydrogen-bond acceptors (Lipinski definition) is 2. The molecule has 0 aliphatic heterocycles. The average molecular weight is 276 g/mol. The molecule has 0 radical (unpaired) electrons. The SMILES string of the molecule is Cc1ccc([C@@H](C(=O)NCCC(C)(C)C)N(C)C)cc1. The average Bonchev–Trinajstić information content (AvgIpc) is 2.30. The second-order valence-electron chi connectivity index (χ2n) is 6.88. The third kappa shape index (κ3) is 5.33. The minimum absolute atomic E-state index is 0.0723. The summed E-state index contributed by atoms with van der Waals surface area (Å²) in [4.78, 5) is 14.4. The minimum Gasteiger partial charge on any atom is -0.354 e. The quantitative estimate of drug-likeness (QED) is 0.896. The van der Waals surface area contributed by atoms with Crippen LogP contribution in [0.2, 0.25) is 0 Å². The van der Waals surface area contributed by atoms with Gasteiger partial charge in [0.25, 0.3) is 0 Å². The summed E-state index contributed by atoms with van der Waals surface area (Å²) in [5.74, 6) is 0.0723. The van der Waals surface area contributed by atoms with Gasteiger partial charge < -0.3 is 5.32 Å². The summed E-state index contributed by atoms with van der Waals surface area (Å²) in [6.45, 7) is 9.32. The normalized spacial score (nSPS) is 13.3. The second-order valence-corrected chi connectivity index (χ2v) is 6.88. The molecular formula is C17H28N2O. The van der Waals surface area contributed by atoms with Crippen LogP contribution >= 0.6 is 0 Å². The molecule has 0 fully saturated rings. The zero-order valence-electron chi connectivity index (χ0n) is 13.7. The van der Waals surface area contributed by atoms with Crippen molar-refractivity contribution in [3.63, 3.8) is 0 Å². The first-order valence-electron chi connectivity index (χ1n) is 7.21. The molecule has 0 aromatic heterocycles. The molecule has 0 saturated heterocycles. The molecule has 1 N–H and O–H groups in total. The first-order chi connectivity index (χ1) is 9.20. The number of carbonyl (C=O) groups is 1. The number of aryl methyl sites for hydroxylation is 1. The van der Waals surface area contributed by atoms with Crippen LogP contribution in [0.1, 0.15) is 44.4 Å².